The van der Waals surface area contributed by atoms with Gasteiger partial charge in [0.25, 0.3) is 0 Å². The lowest BCUT2D eigenvalue weighted by atomic mass is 9.85. The Morgan fingerprint density at radius 2 is 1.78 bits per heavy atom. The number of pyridine rings is 3. The van der Waals surface area contributed by atoms with Crippen LogP contribution in [0.15, 0.2) is 48.7 Å². The number of alkyl halides is 3. The van der Waals surface area contributed by atoms with Crippen molar-refractivity contribution in [2.75, 3.05) is 20.8 Å². The van der Waals surface area contributed by atoms with Crippen molar-refractivity contribution in [3.8, 4) is 40.2 Å². The number of carbonyl (C=O) groups excluding carboxylic acids is 1. The Kier molecular flexibility index (Phi) is 10.9. The Labute approximate surface area is 320 Å². The van der Waals surface area contributed by atoms with Crippen LogP contribution in [0.4, 0.5) is 13.2 Å². The molecule has 4 heterocycles. The number of carboxylic acids is 1. The summed E-state index contributed by atoms with van der Waals surface area (Å²) in [6, 6.07) is 12.0. The first-order valence-corrected chi connectivity index (χ1v) is 18.4. The third kappa shape index (κ3) is 8.05. The summed E-state index contributed by atoms with van der Waals surface area (Å²) in [7, 11) is 2.83. The molecule has 3 aliphatic rings. The summed E-state index contributed by atoms with van der Waals surface area (Å²) >= 11 is 7.08. The molecule has 290 valence electrons. The molecule has 1 saturated heterocycles. The normalized spacial score (nSPS) is 18.7. The van der Waals surface area contributed by atoms with Crippen LogP contribution in [-0.2, 0) is 35.3 Å². The fourth-order valence-corrected chi connectivity index (χ4v) is 7.54. The van der Waals surface area contributed by atoms with Crippen molar-refractivity contribution < 1.29 is 42.1 Å². The number of halogens is 4. The number of fused-ring (bicyclic) bond motifs is 1. The zero-order valence-electron chi connectivity index (χ0n) is 30.2. The molecule has 4 N–H and O–H groups in total. The molecule has 0 unspecified atom stereocenters. The average molecular weight is 781 g/mol. The number of carbonyl (C=O) groups is 2. The maximum atomic E-state index is 14.5. The summed E-state index contributed by atoms with van der Waals surface area (Å²) in [5.74, 6) is -1.30. The number of hydrogen-bond donors (Lipinski definition) is 4. The van der Waals surface area contributed by atoms with Crippen molar-refractivity contribution in [2.24, 2.45) is 0 Å². The predicted octanol–water partition coefficient (Wildman–Crippen LogP) is 6.43. The predicted molar refractivity (Wildman–Crippen MR) is 196 cm³/mol. The number of benzene rings is 1. The number of nitrogens with one attached hydrogen (secondary N) is 3. The Morgan fingerprint density at radius 3 is 2.47 bits per heavy atom. The highest BCUT2D eigenvalue weighted by Crippen LogP contribution is 2.45. The van der Waals surface area contributed by atoms with E-state index in [4.69, 9.17) is 30.8 Å². The molecule has 55 heavy (non-hydrogen) atoms. The van der Waals surface area contributed by atoms with E-state index in [0.29, 0.717) is 85.0 Å². The standard InChI is InChI=1S/C39H40ClF3N6O6/c1-53-34-21(18-44-20-23-10-12-31(50)47-23)9-11-29(48-34)27-13-16-45-33(32(27)40)26-7-3-6-25-24(26)5-4-8-30(25)55-36-28(39(41,42)43)17-22(35(49-36)54-2)19-46-38(14-15-38)37(51)52/h3,6-7,9,11,13,16-17,23,30,44,46H,4-5,8,10,12,14-15,18-20H2,1-2H3,(H,47,50)(H,51,52)/t23-,30-/m0/s1. The number of hydrogen-bond acceptors (Lipinski definition) is 10. The molecule has 1 aromatic carbocycles. The number of aliphatic carboxylic acids is 1. The van der Waals surface area contributed by atoms with Crippen LogP contribution in [0.5, 0.6) is 17.6 Å². The monoisotopic (exact) mass is 780 g/mol. The van der Waals surface area contributed by atoms with E-state index in [1.165, 1.54) is 7.11 Å². The third-order valence-corrected chi connectivity index (χ3v) is 10.7. The smallest absolute Gasteiger partial charge is 0.421 e. The second-order valence-corrected chi connectivity index (χ2v) is 14.3. The van der Waals surface area contributed by atoms with Gasteiger partial charge in [-0.05, 0) is 67.9 Å². The van der Waals surface area contributed by atoms with E-state index in [1.54, 1.807) is 25.4 Å². The quantitative estimate of drug-likeness (QED) is 0.112. The van der Waals surface area contributed by atoms with Gasteiger partial charge in [0.15, 0.2) is 0 Å². The van der Waals surface area contributed by atoms with Crippen molar-refractivity contribution in [1.82, 2.24) is 30.9 Å². The van der Waals surface area contributed by atoms with Gasteiger partial charge in [0.2, 0.25) is 23.5 Å². The van der Waals surface area contributed by atoms with E-state index in [0.717, 1.165) is 29.2 Å². The van der Waals surface area contributed by atoms with Gasteiger partial charge in [-0.3, -0.25) is 19.9 Å². The van der Waals surface area contributed by atoms with E-state index < -0.39 is 35.2 Å². The summed E-state index contributed by atoms with van der Waals surface area (Å²) in [5, 5.41) is 19.0. The summed E-state index contributed by atoms with van der Waals surface area (Å²) in [4.78, 5) is 36.7. The third-order valence-electron chi connectivity index (χ3n) is 10.4. The van der Waals surface area contributed by atoms with Crippen molar-refractivity contribution >= 4 is 23.5 Å². The molecule has 4 aromatic rings. The summed E-state index contributed by atoms with van der Waals surface area (Å²) in [6.07, 6.45) is -0.212. The lowest BCUT2D eigenvalue weighted by Gasteiger charge is -2.29. The molecule has 7 rings (SSSR count). The van der Waals surface area contributed by atoms with Crippen molar-refractivity contribution in [3.05, 3.63) is 81.5 Å². The Hall–Kier alpha value is -4.99. The molecule has 0 radical (unpaired) electrons. The molecule has 2 aliphatic carbocycles. The van der Waals surface area contributed by atoms with E-state index in [-0.39, 0.29) is 29.9 Å². The second-order valence-electron chi connectivity index (χ2n) is 13.9. The molecule has 1 amide bonds. The van der Waals surface area contributed by atoms with Gasteiger partial charge in [-0.25, -0.2) is 4.98 Å². The molecule has 2 atom stereocenters. The van der Waals surface area contributed by atoms with Crippen LogP contribution in [0, 0.1) is 0 Å². The fourth-order valence-electron chi connectivity index (χ4n) is 7.23. The molecule has 1 aliphatic heterocycles. The topological polar surface area (TPSA) is 157 Å². The molecular formula is C39H40ClF3N6O6. The molecule has 3 aromatic heterocycles. The van der Waals surface area contributed by atoms with E-state index in [1.807, 2.05) is 24.3 Å². The lowest BCUT2D eigenvalue weighted by Crippen LogP contribution is -2.38. The molecule has 16 heteroatoms. The Morgan fingerprint density at radius 1 is 1.00 bits per heavy atom. The zero-order chi connectivity index (χ0) is 38.9. The number of nitrogens with zero attached hydrogens (tertiary/aromatic N) is 3. The summed E-state index contributed by atoms with van der Waals surface area (Å²) < 4.78 is 60.6. The van der Waals surface area contributed by atoms with Crippen molar-refractivity contribution in [3.63, 3.8) is 0 Å². The van der Waals surface area contributed by atoms with Crippen LogP contribution in [0.25, 0.3) is 22.5 Å². The molecule has 0 spiro atoms. The molecule has 2 fully saturated rings. The highest BCUT2D eigenvalue weighted by atomic mass is 35.5. The van der Waals surface area contributed by atoms with Crippen LogP contribution in [-0.4, -0.2) is 64.3 Å². The van der Waals surface area contributed by atoms with E-state index in [2.05, 4.69) is 25.9 Å². The lowest BCUT2D eigenvalue weighted by molar-refractivity contribution is -0.141. The molecule has 1 saturated carbocycles. The Bertz CT molecular complexity index is 2110. The number of ether oxygens (including phenoxy) is 3. The highest BCUT2D eigenvalue weighted by molar-refractivity contribution is 6.35. The van der Waals surface area contributed by atoms with Gasteiger partial charge < -0.3 is 30.0 Å². The molecule has 12 nitrogen and oxygen atoms in total. The van der Waals surface area contributed by atoms with Crippen LogP contribution in [0.3, 0.4) is 0 Å². The van der Waals surface area contributed by atoms with Gasteiger partial charge in [-0.15, -0.1) is 0 Å². The van der Waals surface area contributed by atoms with Crippen LogP contribution < -0.4 is 30.2 Å². The maximum Gasteiger partial charge on any atom is 0.421 e. The Balaban J connectivity index is 1.15. The number of amides is 1. The van der Waals surface area contributed by atoms with E-state index >= 15 is 0 Å². The first-order valence-electron chi connectivity index (χ1n) is 18.0. The molecule has 0 bridgehead atoms. The summed E-state index contributed by atoms with van der Waals surface area (Å²) in [5.41, 5.74) is 2.59. The van der Waals surface area contributed by atoms with E-state index in [9.17, 15) is 27.9 Å². The largest absolute Gasteiger partial charge is 0.481 e. The number of carboxylic acid groups (broad SMARTS) is 1. The zero-order valence-corrected chi connectivity index (χ0v) is 30.9. The second kappa shape index (κ2) is 15.6. The van der Waals surface area contributed by atoms with Gasteiger partial charge in [0.1, 0.15) is 17.2 Å². The van der Waals surface area contributed by atoms with Crippen LogP contribution in [0.1, 0.15) is 72.4 Å². The van der Waals surface area contributed by atoms with Gasteiger partial charge >= 0.3 is 12.1 Å². The van der Waals surface area contributed by atoms with Crippen LogP contribution >= 0.6 is 11.6 Å². The minimum Gasteiger partial charge on any atom is -0.481 e. The fraction of sp³-hybridized carbons (Fsp3) is 0.410. The first-order chi connectivity index (χ1) is 26.4. The van der Waals surface area contributed by atoms with Crippen LogP contribution in [0.2, 0.25) is 5.02 Å². The first kappa shape index (κ1) is 38.3. The average Bonchev–Trinajstić information content (AvgIpc) is 3.86. The van der Waals surface area contributed by atoms with Crippen molar-refractivity contribution in [1.29, 1.82) is 0 Å². The van der Waals surface area contributed by atoms with Gasteiger partial charge in [0.05, 0.1) is 30.6 Å². The minimum atomic E-state index is -4.81. The van der Waals surface area contributed by atoms with Gasteiger partial charge in [-0.2, -0.15) is 18.2 Å². The minimum absolute atomic E-state index is 0.0599. The SMILES string of the molecule is COc1nc(-c2ccnc(-c3cccc4c3CCC[C@@H]4Oc3nc(OC)c(CNC4(C(=O)O)CC4)cc3C(F)(F)F)c2Cl)ccc1CNC[C@@H]1CCC(=O)N1. The van der Waals surface area contributed by atoms with Gasteiger partial charge in [-0.1, -0.05) is 35.9 Å². The number of aromatic nitrogens is 3. The number of rotatable bonds is 14. The molecular weight excluding hydrogens is 741 g/mol. The highest BCUT2D eigenvalue weighted by Gasteiger charge is 2.50. The summed E-state index contributed by atoms with van der Waals surface area (Å²) in [6.45, 7) is 0.928. The maximum absolute atomic E-state index is 14.5. The van der Waals surface area contributed by atoms with Crippen molar-refractivity contribution in [2.45, 2.75) is 81.9 Å². The number of methoxy groups -OCH3 is 2. The van der Waals surface area contributed by atoms with Gasteiger partial charge in [0, 0.05) is 60.5 Å².